The number of rotatable bonds is 10. The number of amides is 1. The number of carbonyl (C=O) groups is 1. The van der Waals surface area contributed by atoms with Crippen LogP contribution in [0.3, 0.4) is 0 Å². The smallest absolute Gasteiger partial charge is 0.378 e. The van der Waals surface area contributed by atoms with Crippen LogP contribution in [0.5, 0.6) is 5.75 Å². The van der Waals surface area contributed by atoms with E-state index in [1.807, 2.05) is 20.8 Å². The first kappa shape index (κ1) is 35.0. The standard InChI is InChI=1S/C32H39N7O6S2/c1-20-13-14-21(30(40)36-25-16-22(32(2,3)4)17-26(29(25)45-6)37-46(7,41)42)15-27(20)39(34)19-24(33)28-18-35-31(38(28)5)47(43,44)23-11-9-8-10-12-23/h8-19,37H,33-34H2,1-7H3,(H,36,40)/p+1/b24-19-. The number of carbonyl (C=O) groups excluding carboxylic acids is 1. The summed E-state index contributed by atoms with van der Waals surface area (Å²) in [4.78, 5) is 16.5. The molecule has 0 unspecified atom stereocenters. The fourth-order valence-corrected chi connectivity index (χ4v) is 6.80. The molecule has 7 N–H and O–H groups in total. The van der Waals surface area contributed by atoms with Crippen LogP contribution in [0.15, 0.2) is 83.1 Å². The van der Waals surface area contributed by atoms with E-state index in [2.05, 4.69) is 15.0 Å². The summed E-state index contributed by atoms with van der Waals surface area (Å²) in [6.45, 7) is 7.69. The average molecular weight is 683 g/mol. The molecule has 0 bridgehead atoms. The van der Waals surface area contributed by atoms with Crippen molar-refractivity contribution in [3.05, 3.63) is 95.4 Å². The second-order valence-corrected chi connectivity index (χ2v) is 15.6. The Hall–Kier alpha value is -4.86. The normalized spacial score (nSPS) is 12.5. The zero-order chi connectivity index (χ0) is 34.9. The number of ether oxygens (including phenoxy) is 1. The minimum atomic E-state index is -3.85. The van der Waals surface area contributed by atoms with Gasteiger partial charge in [0.25, 0.3) is 15.7 Å². The van der Waals surface area contributed by atoms with Crippen LogP contribution in [0.1, 0.15) is 48.0 Å². The summed E-state index contributed by atoms with van der Waals surface area (Å²) >= 11 is 0. The van der Waals surface area contributed by atoms with Gasteiger partial charge < -0.3 is 15.8 Å². The summed E-state index contributed by atoms with van der Waals surface area (Å²) in [5.41, 5.74) is 9.17. The van der Waals surface area contributed by atoms with Crippen molar-refractivity contribution in [3.63, 3.8) is 0 Å². The van der Waals surface area contributed by atoms with Gasteiger partial charge in [-0.25, -0.2) is 32.2 Å². The number of nitrogens with one attached hydrogen (secondary N) is 3. The van der Waals surface area contributed by atoms with Crippen LogP contribution in [0, 0.1) is 6.92 Å². The first-order chi connectivity index (χ1) is 21.8. The first-order valence-electron chi connectivity index (χ1n) is 14.3. The Morgan fingerprint density at radius 3 is 2.26 bits per heavy atom. The zero-order valence-corrected chi connectivity index (χ0v) is 28.9. The minimum absolute atomic E-state index is 0.0608. The molecule has 0 spiro atoms. The third kappa shape index (κ3) is 7.76. The van der Waals surface area contributed by atoms with E-state index < -0.39 is 25.8 Å². The van der Waals surface area contributed by atoms with Gasteiger partial charge in [-0.15, -0.1) is 0 Å². The molecule has 0 saturated heterocycles. The van der Waals surface area contributed by atoms with Crippen molar-refractivity contribution < 1.29 is 30.9 Å². The van der Waals surface area contributed by atoms with Crippen molar-refractivity contribution in [2.24, 2.45) is 18.6 Å². The van der Waals surface area contributed by atoms with E-state index >= 15 is 0 Å². The number of benzene rings is 3. The summed E-state index contributed by atoms with van der Waals surface area (Å²) in [7, 11) is -4.55. The highest BCUT2D eigenvalue weighted by Gasteiger charge is 2.31. The van der Waals surface area contributed by atoms with Crippen LogP contribution in [-0.2, 0) is 32.3 Å². The molecule has 4 rings (SSSR count). The summed E-state index contributed by atoms with van der Waals surface area (Å²) in [5.74, 6) is 6.05. The fourth-order valence-electron chi connectivity index (χ4n) is 4.84. The quantitative estimate of drug-likeness (QED) is 0.0945. The predicted octanol–water partition coefficient (Wildman–Crippen LogP) is 3.55. The van der Waals surface area contributed by atoms with Gasteiger partial charge in [-0.1, -0.05) is 45.0 Å². The number of hydrogen-bond donors (Lipinski definition) is 5. The summed E-state index contributed by atoms with van der Waals surface area (Å²) in [6, 6.07) is 16.3. The number of methoxy groups -OCH3 is 1. The van der Waals surface area contributed by atoms with Gasteiger partial charge in [0.2, 0.25) is 10.0 Å². The number of anilines is 3. The van der Waals surface area contributed by atoms with E-state index in [1.165, 1.54) is 41.2 Å². The largest absolute Gasteiger partial charge is 0.492 e. The van der Waals surface area contributed by atoms with Crippen molar-refractivity contribution in [2.75, 3.05) is 28.4 Å². The topological polar surface area (TPSA) is 194 Å². The number of sulfonamides is 1. The van der Waals surface area contributed by atoms with Crippen LogP contribution in [-0.4, -0.2) is 41.1 Å². The summed E-state index contributed by atoms with van der Waals surface area (Å²) in [5, 5.41) is 4.03. The second-order valence-electron chi connectivity index (χ2n) is 12.0. The Morgan fingerprint density at radius 1 is 1.02 bits per heavy atom. The van der Waals surface area contributed by atoms with Gasteiger partial charge in [0.1, 0.15) is 11.9 Å². The number of aromatic nitrogens is 2. The molecule has 1 amide bonds. The van der Waals surface area contributed by atoms with Gasteiger partial charge in [-0.05, 0) is 59.9 Å². The van der Waals surface area contributed by atoms with Crippen molar-refractivity contribution >= 4 is 48.5 Å². The van der Waals surface area contributed by atoms with Gasteiger partial charge in [-0.2, -0.15) is 0 Å². The molecule has 4 aromatic rings. The Kier molecular flexibility index (Phi) is 9.75. The lowest BCUT2D eigenvalue weighted by Crippen LogP contribution is -2.38. The van der Waals surface area contributed by atoms with Crippen molar-refractivity contribution in [1.82, 2.24) is 4.98 Å². The molecular formula is C32H40N7O6S2+. The number of H-pyrrole nitrogens is 1. The van der Waals surface area contributed by atoms with Gasteiger partial charge in [-0.3, -0.25) is 14.5 Å². The van der Waals surface area contributed by atoms with E-state index in [0.29, 0.717) is 11.4 Å². The molecule has 47 heavy (non-hydrogen) atoms. The van der Waals surface area contributed by atoms with Crippen LogP contribution in [0.25, 0.3) is 5.70 Å². The van der Waals surface area contributed by atoms with E-state index in [0.717, 1.165) is 17.4 Å². The van der Waals surface area contributed by atoms with E-state index in [-0.39, 0.29) is 43.9 Å². The fraction of sp³-hybridized carbons (Fsp3) is 0.250. The van der Waals surface area contributed by atoms with Gasteiger partial charge in [0.15, 0.2) is 11.4 Å². The number of hydrazine groups is 1. The predicted molar refractivity (Wildman–Crippen MR) is 182 cm³/mol. The molecule has 13 nitrogen and oxygen atoms in total. The van der Waals surface area contributed by atoms with Crippen LogP contribution < -0.4 is 35.9 Å². The number of hydrogen-bond acceptors (Lipinski definition) is 9. The molecule has 0 aliphatic rings. The van der Waals surface area contributed by atoms with E-state index in [4.69, 9.17) is 16.3 Å². The minimum Gasteiger partial charge on any atom is -0.492 e. The Balaban J connectivity index is 1.66. The lowest BCUT2D eigenvalue weighted by Gasteiger charge is -2.24. The molecule has 0 atom stereocenters. The molecule has 0 aliphatic carbocycles. The SMILES string of the molecule is COc1c(NC(=O)c2ccc(C)c(N(N)/C=C(\N)c3c[nH]c(S(=O)(=O)c4ccccc4)[n+]3C)c2)cc(C(C)(C)C)cc1NS(C)(=O)=O. The van der Waals surface area contributed by atoms with Crippen LogP contribution in [0.4, 0.5) is 17.1 Å². The molecule has 0 saturated carbocycles. The molecular weight excluding hydrogens is 643 g/mol. The maximum absolute atomic E-state index is 13.6. The number of aryl methyl sites for hydroxylation is 1. The van der Waals surface area contributed by atoms with E-state index in [1.54, 1.807) is 62.5 Å². The molecule has 0 radical (unpaired) electrons. The Labute approximate surface area is 275 Å². The van der Waals surface area contributed by atoms with Crippen molar-refractivity contribution in [2.45, 2.75) is 43.2 Å². The number of sulfone groups is 1. The zero-order valence-electron chi connectivity index (χ0n) is 27.2. The summed E-state index contributed by atoms with van der Waals surface area (Å²) in [6.07, 6.45) is 3.92. The van der Waals surface area contributed by atoms with Crippen molar-refractivity contribution in [1.29, 1.82) is 0 Å². The highest BCUT2D eigenvalue weighted by Crippen LogP contribution is 2.39. The lowest BCUT2D eigenvalue weighted by atomic mass is 9.86. The summed E-state index contributed by atoms with van der Waals surface area (Å²) < 4.78 is 59.9. The molecule has 0 fully saturated rings. The molecule has 3 aromatic carbocycles. The average Bonchev–Trinajstić information content (AvgIpc) is 3.38. The van der Waals surface area contributed by atoms with E-state index in [9.17, 15) is 21.6 Å². The molecule has 15 heteroatoms. The number of aromatic amines is 1. The number of nitrogens with two attached hydrogens (primary N) is 2. The highest BCUT2D eigenvalue weighted by atomic mass is 32.2. The monoisotopic (exact) mass is 682 g/mol. The molecule has 0 aliphatic heterocycles. The van der Waals surface area contributed by atoms with Gasteiger partial charge >= 0.3 is 5.16 Å². The lowest BCUT2D eigenvalue weighted by molar-refractivity contribution is -0.711. The molecule has 1 heterocycles. The Morgan fingerprint density at radius 2 is 1.66 bits per heavy atom. The second kappa shape index (κ2) is 13.1. The number of nitrogens with zero attached hydrogens (tertiary/aromatic N) is 2. The van der Waals surface area contributed by atoms with Crippen molar-refractivity contribution in [3.8, 4) is 5.75 Å². The Bertz CT molecular complexity index is 2070. The maximum atomic E-state index is 13.6. The van der Waals surface area contributed by atoms with Gasteiger partial charge in [0.05, 0.1) is 42.4 Å². The first-order valence-corrected chi connectivity index (χ1v) is 17.7. The number of imidazole rings is 1. The highest BCUT2D eigenvalue weighted by molar-refractivity contribution is 7.92. The van der Waals surface area contributed by atoms with Crippen LogP contribution >= 0.6 is 0 Å². The third-order valence-electron chi connectivity index (χ3n) is 7.33. The van der Waals surface area contributed by atoms with Gasteiger partial charge in [0, 0.05) is 11.8 Å². The molecule has 250 valence electrons. The van der Waals surface area contributed by atoms with Crippen LogP contribution in [0.2, 0.25) is 0 Å². The maximum Gasteiger partial charge on any atom is 0.378 e. The third-order valence-corrected chi connectivity index (χ3v) is 9.72. The molecule has 1 aromatic heterocycles.